The van der Waals surface area contributed by atoms with Crippen LogP contribution in [0, 0.1) is 19.1 Å². The van der Waals surface area contributed by atoms with Crippen molar-refractivity contribution in [1.29, 1.82) is 0 Å². The molecule has 0 unspecified atom stereocenters. The fourth-order valence-corrected chi connectivity index (χ4v) is 1.65. The third kappa shape index (κ3) is 2.94. The second-order valence-electron chi connectivity index (χ2n) is 4.20. The van der Waals surface area contributed by atoms with Gasteiger partial charge in [-0.25, -0.2) is 0 Å². The minimum Gasteiger partial charge on any atom is -0.618 e. The van der Waals surface area contributed by atoms with Gasteiger partial charge in [0.05, 0.1) is 0 Å². The summed E-state index contributed by atoms with van der Waals surface area (Å²) < 4.78 is 0.897. The molecule has 0 saturated carbocycles. The van der Waals surface area contributed by atoms with Crippen molar-refractivity contribution in [3.63, 3.8) is 0 Å². The quantitative estimate of drug-likeness (QED) is 0.332. The van der Waals surface area contributed by atoms with E-state index in [2.05, 4.69) is 0 Å². The Hall–Kier alpha value is -2.09. The molecule has 2 rings (SSSR count). The van der Waals surface area contributed by atoms with Gasteiger partial charge in [-0.3, -0.25) is 0 Å². The molecule has 2 heteroatoms. The zero-order valence-corrected chi connectivity index (χ0v) is 10.1. The van der Waals surface area contributed by atoms with Crippen molar-refractivity contribution in [3.05, 3.63) is 70.4 Å². The summed E-state index contributed by atoms with van der Waals surface area (Å²) in [6.07, 6.45) is 1.59. The fourth-order valence-electron chi connectivity index (χ4n) is 1.65. The zero-order chi connectivity index (χ0) is 12.3. The highest BCUT2D eigenvalue weighted by Gasteiger charge is 2.01. The van der Waals surface area contributed by atoms with Crippen molar-refractivity contribution < 1.29 is 4.74 Å². The van der Waals surface area contributed by atoms with E-state index in [-0.39, 0.29) is 0 Å². The molecule has 0 spiro atoms. The van der Waals surface area contributed by atoms with Crippen LogP contribution >= 0.6 is 0 Å². The van der Waals surface area contributed by atoms with E-state index < -0.39 is 0 Å². The maximum absolute atomic E-state index is 11.9. The van der Waals surface area contributed by atoms with Crippen LogP contribution in [0.3, 0.4) is 0 Å². The molecule has 0 aliphatic heterocycles. The average Bonchev–Trinajstić information content (AvgIpc) is 2.29. The van der Waals surface area contributed by atoms with Gasteiger partial charge < -0.3 is 5.21 Å². The molecule has 2 nitrogen and oxygen atoms in total. The molecule has 86 valence electrons. The number of aryl methyl sites for hydroxylation is 2. The molecule has 2 aromatic rings. The van der Waals surface area contributed by atoms with Gasteiger partial charge in [0.15, 0.2) is 6.21 Å². The van der Waals surface area contributed by atoms with Crippen LogP contribution in [-0.2, 0) is 0 Å². The highest BCUT2D eigenvalue weighted by atomic mass is 16.5. The normalized spacial score (nSPS) is 11.5. The lowest BCUT2D eigenvalue weighted by molar-refractivity contribution is -0.354. The third-order valence-electron chi connectivity index (χ3n) is 2.60. The molecular formula is C15H15NO. The van der Waals surface area contributed by atoms with Crippen molar-refractivity contribution in [3.8, 4) is 0 Å². The third-order valence-corrected chi connectivity index (χ3v) is 2.60. The molecule has 0 bridgehead atoms. The molecule has 0 atom stereocenters. The van der Waals surface area contributed by atoms with Gasteiger partial charge in [0.2, 0.25) is 5.69 Å². The molecule has 0 aliphatic carbocycles. The van der Waals surface area contributed by atoms with E-state index in [4.69, 9.17) is 0 Å². The predicted octanol–water partition coefficient (Wildman–Crippen LogP) is 3.56. The van der Waals surface area contributed by atoms with E-state index in [1.165, 1.54) is 0 Å². The minimum absolute atomic E-state index is 0.650. The van der Waals surface area contributed by atoms with Crippen molar-refractivity contribution in [1.82, 2.24) is 0 Å². The summed E-state index contributed by atoms with van der Waals surface area (Å²) in [7, 11) is 0. The van der Waals surface area contributed by atoms with Gasteiger partial charge in [-0.1, -0.05) is 35.4 Å². The van der Waals surface area contributed by atoms with Crippen LogP contribution in [0.15, 0.2) is 48.5 Å². The lowest BCUT2D eigenvalue weighted by atomic mass is 10.1. The van der Waals surface area contributed by atoms with Crippen LogP contribution in [0.1, 0.15) is 16.7 Å². The number of rotatable bonds is 2. The first-order chi connectivity index (χ1) is 8.15. The number of benzene rings is 2. The lowest BCUT2D eigenvalue weighted by Crippen LogP contribution is -1.98. The Morgan fingerprint density at radius 1 is 0.941 bits per heavy atom. The molecule has 0 heterocycles. The topological polar surface area (TPSA) is 26.1 Å². The SMILES string of the molecule is Cc1ccc([N+]([O-])=Cc2cccc(C)c2)cc1. The van der Waals surface area contributed by atoms with Crippen molar-refractivity contribution in [2.75, 3.05) is 0 Å². The average molecular weight is 225 g/mol. The summed E-state index contributed by atoms with van der Waals surface area (Å²) in [6, 6.07) is 15.4. The minimum atomic E-state index is 0.650. The van der Waals surface area contributed by atoms with E-state index in [1.807, 2.05) is 62.4 Å². The van der Waals surface area contributed by atoms with Gasteiger partial charge >= 0.3 is 0 Å². The first kappa shape index (κ1) is 11.4. The molecule has 0 fully saturated rings. The Bertz CT molecular complexity index is 541. The highest BCUT2D eigenvalue weighted by Crippen LogP contribution is 2.12. The lowest BCUT2D eigenvalue weighted by Gasteiger charge is -2.03. The standard InChI is InChI=1S/C15H15NO/c1-12-6-8-15(9-7-12)16(17)11-14-5-3-4-13(2)10-14/h3-11H,1-2H3. The van der Waals surface area contributed by atoms with E-state index in [0.29, 0.717) is 5.69 Å². The molecule has 0 aliphatic rings. The maximum atomic E-state index is 11.9. The summed E-state index contributed by atoms with van der Waals surface area (Å²) >= 11 is 0. The summed E-state index contributed by atoms with van der Waals surface area (Å²) in [6.45, 7) is 4.02. The van der Waals surface area contributed by atoms with E-state index >= 15 is 0 Å². The van der Waals surface area contributed by atoms with Crippen LogP contribution in [-0.4, -0.2) is 11.0 Å². The zero-order valence-electron chi connectivity index (χ0n) is 10.1. The van der Waals surface area contributed by atoms with Crippen LogP contribution < -0.4 is 0 Å². The summed E-state index contributed by atoms with van der Waals surface area (Å²) in [5, 5.41) is 11.9. The first-order valence-corrected chi connectivity index (χ1v) is 5.60. The van der Waals surface area contributed by atoms with E-state index in [0.717, 1.165) is 21.4 Å². The molecule has 2 aromatic carbocycles. The molecular weight excluding hydrogens is 210 g/mol. The molecule has 0 radical (unpaired) electrons. The van der Waals surface area contributed by atoms with Crippen LogP contribution in [0.25, 0.3) is 0 Å². The molecule has 0 amide bonds. The predicted molar refractivity (Wildman–Crippen MR) is 70.8 cm³/mol. The summed E-state index contributed by atoms with van der Waals surface area (Å²) in [5.74, 6) is 0. The number of nitrogens with zero attached hydrogens (tertiary/aromatic N) is 1. The first-order valence-electron chi connectivity index (χ1n) is 5.60. The van der Waals surface area contributed by atoms with Gasteiger partial charge in [-0.2, -0.15) is 4.74 Å². The maximum Gasteiger partial charge on any atom is 0.216 e. The van der Waals surface area contributed by atoms with E-state index in [1.54, 1.807) is 6.21 Å². The second kappa shape index (κ2) is 4.83. The van der Waals surface area contributed by atoms with E-state index in [9.17, 15) is 5.21 Å². The van der Waals surface area contributed by atoms with Gasteiger partial charge in [0.1, 0.15) is 0 Å². The Morgan fingerprint density at radius 3 is 2.29 bits per heavy atom. The summed E-state index contributed by atoms with van der Waals surface area (Å²) in [4.78, 5) is 0. The van der Waals surface area contributed by atoms with Gasteiger partial charge in [0, 0.05) is 17.7 Å². The van der Waals surface area contributed by atoms with Gasteiger partial charge in [-0.05, 0) is 26.0 Å². The van der Waals surface area contributed by atoms with Gasteiger partial charge in [0.25, 0.3) is 0 Å². The number of hydrogen-bond donors (Lipinski definition) is 0. The molecule has 0 saturated heterocycles. The largest absolute Gasteiger partial charge is 0.618 e. The smallest absolute Gasteiger partial charge is 0.216 e. The summed E-state index contributed by atoms with van der Waals surface area (Å²) in [5.41, 5.74) is 3.87. The van der Waals surface area contributed by atoms with Crippen molar-refractivity contribution in [2.45, 2.75) is 13.8 Å². The Labute approximate surface area is 101 Å². The molecule has 0 aromatic heterocycles. The van der Waals surface area contributed by atoms with Crippen LogP contribution in [0.2, 0.25) is 0 Å². The number of hydrogen-bond acceptors (Lipinski definition) is 1. The van der Waals surface area contributed by atoms with Crippen LogP contribution in [0.5, 0.6) is 0 Å². The Kier molecular flexibility index (Phi) is 3.24. The highest BCUT2D eigenvalue weighted by molar-refractivity contribution is 5.76. The van der Waals surface area contributed by atoms with Crippen molar-refractivity contribution >= 4 is 11.9 Å². The molecule has 17 heavy (non-hydrogen) atoms. The van der Waals surface area contributed by atoms with Gasteiger partial charge in [-0.15, -0.1) is 0 Å². The van der Waals surface area contributed by atoms with Crippen molar-refractivity contribution in [2.24, 2.45) is 0 Å². The van der Waals surface area contributed by atoms with Crippen LogP contribution in [0.4, 0.5) is 5.69 Å². The molecule has 0 N–H and O–H groups in total. The second-order valence-corrected chi connectivity index (χ2v) is 4.20. The fraction of sp³-hybridized carbons (Fsp3) is 0.133. The monoisotopic (exact) mass is 225 g/mol. The Morgan fingerprint density at radius 2 is 1.65 bits per heavy atom. The Balaban J connectivity index is 2.30.